The van der Waals surface area contributed by atoms with Crippen LogP contribution in [-0.2, 0) is 11.3 Å². The Kier molecular flexibility index (Phi) is 6.65. The van der Waals surface area contributed by atoms with Gasteiger partial charge in [0.05, 0.1) is 13.2 Å². The maximum Gasteiger partial charge on any atom is 0.250 e. The van der Waals surface area contributed by atoms with Crippen LogP contribution in [0.15, 0.2) is 53.5 Å². The predicted molar refractivity (Wildman–Crippen MR) is 105 cm³/mol. The van der Waals surface area contributed by atoms with Gasteiger partial charge < -0.3 is 14.6 Å². The van der Waals surface area contributed by atoms with Gasteiger partial charge in [-0.1, -0.05) is 24.6 Å². The van der Waals surface area contributed by atoms with Crippen LogP contribution in [0.2, 0.25) is 0 Å². The van der Waals surface area contributed by atoms with Crippen molar-refractivity contribution in [3.05, 3.63) is 64.6 Å². The molecule has 1 amide bonds. The summed E-state index contributed by atoms with van der Waals surface area (Å²) in [6, 6.07) is 13.0. The van der Waals surface area contributed by atoms with Crippen molar-refractivity contribution >= 4 is 5.91 Å². The number of ether oxygens (including phenoxy) is 1. The van der Waals surface area contributed by atoms with Crippen LogP contribution in [0.25, 0.3) is 0 Å². The highest BCUT2D eigenvalue weighted by Gasteiger charge is 2.23. The zero-order valence-electron chi connectivity index (χ0n) is 15.8. The number of hydrogen-bond donors (Lipinski definition) is 1. The molecule has 27 heavy (non-hydrogen) atoms. The largest absolute Gasteiger partial charge is 0.497 e. The molecule has 144 valence electrons. The van der Waals surface area contributed by atoms with Gasteiger partial charge in [0.25, 0.3) is 5.56 Å². The number of amides is 1. The Labute approximate surface area is 159 Å². The van der Waals surface area contributed by atoms with Crippen LogP contribution in [0.1, 0.15) is 30.9 Å². The van der Waals surface area contributed by atoms with Crippen LogP contribution < -0.4 is 15.6 Å². The molecule has 0 aliphatic carbocycles. The fourth-order valence-corrected chi connectivity index (χ4v) is 3.53. The molecule has 0 spiro atoms. The Morgan fingerprint density at radius 1 is 1.11 bits per heavy atom. The maximum absolute atomic E-state index is 12.4. The van der Waals surface area contributed by atoms with Crippen LogP contribution in [0.3, 0.4) is 0 Å². The van der Waals surface area contributed by atoms with Gasteiger partial charge in [0.1, 0.15) is 12.3 Å². The number of pyridine rings is 1. The molecule has 1 aliphatic heterocycles. The van der Waals surface area contributed by atoms with Crippen molar-refractivity contribution in [1.82, 2.24) is 14.8 Å². The number of methoxy groups -OCH3 is 1. The predicted octanol–water partition coefficient (Wildman–Crippen LogP) is 2.20. The highest BCUT2D eigenvalue weighted by molar-refractivity contribution is 5.75. The summed E-state index contributed by atoms with van der Waals surface area (Å²) in [6.07, 6.45) is 5.25. The number of carbonyl (C=O) groups excluding carboxylic acids is 1. The molecule has 6 nitrogen and oxygen atoms in total. The van der Waals surface area contributed by atoms with E-state index in [1.165, 1.54) is 29.9 Å². The van der Waals surface area contributed by atoms with Crippen LogP contribution in [0, 0.1) is 0 Å². The van der Waals surface area contributed by atoms with E-state index in [0.717, 1.165) is 24.4 Å². The number of aromatic nitrogens is 1. The average molecular weight is 369 g/mol. The molecule has 0 bridgehead atoms. The van der Waals surface area contributed by atoms with E-state index >= 15 is 0 Å². The molecule has 1 aromatic heterocycles. The lowest BCUT2D eigenvalue weighted by Crippen LogP contribution is -2.41. The van der Waals surface area contributed by atoms with E-state index < -0.39 is 0 Å². The van der Waals surface area contributed by atoms with E-state index in [1.807, 2.05) is 12.1 Å². The van der Waals surface area contributed by atoms with Crippen LogP contribution in [-0.4, -0.2) is 42.1 Å². The fraction of sp³-hybridized carbons (Fsp3) is 0.429. The topological polar surface area (TPSA) is 63.6 Å². The molecule has 2 heterocycles. The minimum absolute atomic E-state index is 0.0367. The van der Waals surface area contributed by atoms with Gasteiger partial charge in [-0.05, 0) is 49.7 Å². The zero-order chi connectivity index (χ0) is 19.1. The highest BCUT2D eigenvalue weighted by Crippen LogP contribution is 2.25. The lowest BCUT2D eigenvalue weighted by Gasteiger charge is -2.35. The standard InChI is InChI=1S/C21H27N3O3/c1-27-18-10-8-17(9-11-18)19(23-12-4-2-5-13-23)15-22-20(25)16-24-14-6-3-7-21(24)26/h3,6-11,14,19H,2,4-5,12-13,15-16H2,1H3,(H,22,25). The summed E-state index contributed by atoms with van der Waals surface area (Å²) < 4.78 is 6.67. The number of piperidine rings is 1. The molecule has 1 unspecified atom stereocenters. The summed E-state index contributed by atoms with van der Waals surface area (Å²) in [4.78, 5) is 26.6. The number of rotatable bonds is 7. The quantitative estimate of drug-likeness (QED) is 0.813. The van der Waals surface area contributed by atoms with E-state index in [-0.39, 0.29) is 24.1 Å². The van der Waals surface area contributed by atoms with Crippen molar-refractivity contribution in [2.24, 2.45) is 0 Å². The van der Waals surface area contributed by atoms with Crippen molar-refractivity contribution in [2.45, 2.75) is 31.8 Å². The Hall–Kier alpha value is -2.60. The summed E-state index contributed by atoms with van der Waals surface area (Å²) in [5.41, 5.74) is 0.991. The molecule has 1 saturated heterocycles. The number of hydrogen-bond acceptors (Lipinski definition) is 4. The van der Waals surface area contributed by atoms with Crippen molar-refractivity contribution in [2.75, 3.05) is 26.7 Å². The van der Waals surface area contributed by atoms with E-state index in [0.29, 0.717) is 6.54 Å². The van der Waals surface area contributed by atoms with Crippen molar-refractivity contribution in [3.8, 4) is 5.75 Å². The Morgan fingerprint density at radius 3 is 2.52 bits per heavy atom. The monoisotopic (exact) mass is 369 g/mol. The smallest absolute Gasteiger partial charge is 0.250 e. The van der Waals surface area contributed by atoms with Crippen LogP contribution in [0.4, 0.5) is 0 Å². The second kappa shape index (κ2) is 9.37. The number of carbonyl (C=O) groups is 1. The van der Waals surface area contributed by atoms with Gasteiger partial charge in [0.15, 0.2) is 0 Å². The van der Waals surface area contributed by atoms with Crippen molar-refractivity contribution in [1.29, 1.82) is 0 Å². The van der Waals surface area contributed by atoms with Gasteiger partial charge in [-0.2, -0.15) is 0 Å². The fourth-order valence-electron chi connectivity index (χ4n) is 3.53. The summed E-state index contributed by atoms with van der Waals surface area (Å²) in [7, 11) is 1.66. The van der Waals surface area contributed by atoms with Gasteiger partial charge in [0.2, 0.25) is 5.91 Å². The first-order valence-corrected chi connectivity index (χ1v) is 9.47. The third-order valence-corrected chi connectivity index (χ3v) is 5.04. The first-order chi connectivity index (χ1) is 13.2. The molecule has 1 atom stereocenters. The first-order valence-electron chi connectivity index (χ1n) is 9.47. The van der Waals surface area contributed by atoms with Gasteiger partial charge in [-0.15, -0.1) is 0 Å². The minimum atomic E-state index is -0.171. The lowest BCUT2D eigenvalue weighted by atomic mass is 10.0. The molecule has 0 saturated carbocycles. The number of nitrogens with one attached hydrogen (secondary N) is 1. The Morgan fingerprint density at radius 2 is 1.85 bits per heavy atom. The SMILES string of the molecule is COc1ccc(C(CNC(=O)Cn2ccccc2=O)N2CCCCC2)cc1. The third kappa shape index (κ3) is 5.20. The van der Waals surface area contributed by atoms with E-state index in [2.05, 4.69) is 22.3 Å². The molecule has 1 aromatic carbocycles. The molecule has 0 radical (unpaired) electrons. The molecule has 3 rings (SSSR count). The Balaban J connectivity index is 1.68. The molecular weight excluding hydrogens is 342 g/mol. The zero-order valence-corrected chi connectivity index (χ0v) is 15.8. The maximum atomic E-state index is 12.4. The van der Waals surface area contributed by atoms with Crippen molar-refractivity contribution < 1.29 is 9.53 Å². The summed E-state index contributed by atoms with van der Waals surface area (Å²) in [5, 5.41) is 3.01. The van der Waals surface area contributed by atoms with E-state index in [9.17, 15) is 9.59 Å². The third-order valence-electron chi connectivity index (χ3n) is 5.04. The summed E-state index contributed by atoms with van der Waals surface area (Å²) in [5.74, 6) is 0.669. The van der Waals surface area contributed by atoms with Crippen molar-refractivity contribution in [3.63, 3.8) is 0 Å². The van der Waals surface area contributed by atoms with Gasteiger partial charge in [0, 0.05) is 18.8 Å². The molecule has 1 N–H and O–H groups in total. The summed E-state index contributed by atoms with van der Waals surface area (Å²) in [6.45, 7) is 2.62. The second-order valence-electron chi connectivity index (χ2n) is 6.86. The number of nitrogens with zero attached hydrogens (tertiary/aromatic N) is 2. The van der Waals surface area contributed by atoms with Gasteiger partial charge in [-0.3, -0.25) is 14.5 Å². The lowest BCUT2D eigenvalue weighted by molar-refractivity contribution is -0.122. The Bertz CT molecular complexity index is 795. The second-order valence-corrected chi connectivity index (χ2v) is 6.86. The molecule has 2 aromatic rings. The van der Waals surface area contributed by atoms with Crippen LogP contribution in [0.5, 0.6) is 5.75 Å². The van der Waals surface area contributed by atoms with E-state index in [4.69, 9.17) is 4.74 Å². The van der Waals surface area contributed by atoms with Gasteiger partial charge in [-0.25, -0.2) is 0 Å². The molecule has 6 heteroatoms. The average Bonchev–Trinajstić information content (AvgIpc) is 2.71. The molecular formula is C21H27N3O3. The van der Waals surface area contributed by atoms with Crippen LogP contribution >= 0.6 is 0 Å². The minimum Gasteiger partial charge on any atom is -0.497 e. The highest BCUT2D eigenvalue weighted by atomic mass is 16.5. The normalized spacial score (nSPS) is 15.9. The molecule has 1 aliphatic rings. The number of benzene rings is 1. The first kappa shape index (κ1) is 19.2. The summed E-state index contributed by atoms with van der Waals surface area (Å²) >= 11 is 0. The molecule has 1 fully saturated rings. The van der Waals surface area contributed by atoms with E-state index in [1.54, 1.807) is 25.4 Å². The number of likely N-dealkylation sites (tertiary alicyclic amines) is 1. The van der Waals surface area contributed by atoms with Gasteiger partial charge >= 0.3 is 0 Å².